The molecule has 2 aromatic rings. The number of ether oxygens (including phenoxy) is 3. The zero-order chi connectivity index (χ0) is 14.9. The molecule has 0 aliphatic carbocycles. The van der Waals surface area contributed by atoms with Crippen molar-refractivity contribution in [1.29, 1.82) is 0 Å². The third kappa shape index (κ3) is 2.76. The van der Waals surface area contributed by atoms with E-state index in [1.54, 1.807) is 31.2 Å². The Morgan fingerprint density at radius 2 is 1.67 bits per heavy atom. The van der Waals surface area contributed by atoms with E-state index in [2.05, 4.69) is 0 Å². The van der Waals surface area contributed by atoms with Crippen LogP contribution in [-0.2, 0) is 9.47 Å². The van der Waals surface area contributed by atoms with Gasteiger partial charge in [0.2, 0.25) is 0 Å². The van der Waals surface area contributed by atoms with Crippen molar-refractivity contribution in [2.24, 2.45) is 0 Å². The number of rotatable bonds is 3. The summed E-state index contributed by atoms with van der Waals surface area (Å²) in [5.74, 6) is -1.41. The fourth-order valence-electron chi connectivity index (χ4n) is 2.33. The second-order valence-corrected chi connectivity index (χ2v) is 5.02. The van der Waals surface area contributed by atoms with Gasteiger partial charge in [-0.2, -0.15) is 0 Å². The van der Waals surface area contributed by atoms with Crippen LogP contribution in [0.5, 0.6) is 5.75 Å². The number of para-hydroxylation sites is 1. The van der Waals surface area contributed by atoms with Gasteiger partial charge < -0.3 is 9.47 Å². The van der Waals surface area contributed by atoms with E-state index in [0.29, 0.717) is 11.3 Å². The number of benzene rings is 2. The molecule has 4 heteroatoms. The number of hydrogen-bond donors (Lipinski definition) is 0. The van der Waals surface area contributed by atoms with Crippen molar-refractivity contribution in [3.63, 3.8) is 0 Å². The van der Waals surface area contributed by atoms with Gasteiger partial charge in [0.05, 0.1) is 6.10 Å². The van der Waals surface area contributed by atoms with Crippen LogP contribution in [0.25, 0.3) is 0 Å². The van der Waals surface area contributed by atoms with Gasteiger partial charge in [0.15, 0.2) is 0 Å². The molecule has 2 unspecified atom stereocenters. The first-order valence-electron chi connectivity index (χ1n) is 6.81. The molecule has 1 aliphatic heterocycles. The highest BCUT2D eigenvalue weighted by molar-refractivity contribution is 5.93. The summed E-state index contributed by atoms with van der Waals surface area (Å²) in [6.45, 7) is 3.48. The van der Waals surface area contributed by atoms with E-state index in [1.807, 2.05) is 37.3 Å². The van der Waals surface area contributed by atoms with Gasteiger partial charge in [-0.1, -0.05) is 42.5 Å². The Morgan fingerprint density at radius 3 is 2.43 bits per heavy atom. The zero-order valence-corrected chi connectivity index (χ0v) is 11.9. The van der Waals surface area contributed by atoms with Crippen molar-refractivity contribution in [1.82, 2.24) is 0 Å². The smallest absolute Gasteiger partial charge is 0.371 e. The van der Waals surface area contributed by atoms with Crippen LogP contribution < -0.4 is 4.74 Å². The van der Waals surface area contributed by atoms with Gasteiger partial charge in [0.25, 0.3) is 0 Å². The van der Waals surface area contributed by atoms with Gasteiger partial charge in [0, 0.05) is 6.92 Å². The number of carbonyl (C=O) groups is 1. The lowest BCUT2D eigenvalue weighted by Gasteiger charge is -2.35. The highest BCUT2D eigenvalue weighted by atomic mass is 16.9. The standard InChI is InChI=1S/C17H16O4/c1-12(13-8-4-3-5-9-13)19-17(2)20-15-11-7-6-10-14(15)16(18)21-17/h3-12H,1-2H3. The zero-order valence-electron chi connectivity index (χ0n) is 11.9. The van der Waals surface area contributed by atoms with E-state index in [4.69, 9.17) is 14.2 Å². The fourth-order valence-corrected chi connectivity index (χ4v) is 2.33. The summed E-state index contributed by atoms with van der Waals surface area (Å²) in [7, 11) is 0. The van der Waals surface area contributed by atoms with Crippen molar-refractivity contribution >= 4 is 5.97 Å². The van der Waals surface area contributed by atoms with E-state index < -0.39 is 11.9 Å². The molecular weight excluding hydrogens is 268 g/mol. The maximum atomic E-state index is 12.0. The Bertz CT molecular complexity index is 653. The topological polar surface area (TPSA) is 44.8 Å². The molecule has 0 bridgehead atoms. The van der Waals surface area contributed by atoms with Crippen molar-refractivity contribution in [2.75, 3.05) is 0 Å². The summed E-state index contributed by atoms with van der Waals surface area (Å²) in [4.78, 5) is 12.0. The summed E-state index contributed by atoms with van der Waals surface area (Å²) in [6, 6.07) is 16.7. The van der Waals surface area contributed by atoms with Crippen molar-refractivity contribution < 1.29 is 19.0 Å². The Morgan fingerprint density at radius 1 is 1.00 bits per heavy atom. The number of hydrogen-bond acceptors (Lipinski definition) is 4. The normalized spacial score (nSPS) is 21.9. The molecule has 0 aromatic heterocycles. The third-order valence-electron chi connectivity index (χ3n) is 3.34. The van der Waals surface area contributed by atoms with Crippen LogP contribution in [0, 0.1) is 0 Å². The molecule has 0 saturated carbocycles. The minimum Gasteiger partial charge on any atom is -0.429 e. The molecule has 2 aromatic carbocycles. The van der Waals surface area contributed by atoms with Gasteiger partial charge in [0.1, 0.15) is 11.3 Å². The van der Waals surface area contributed by atoms with Crippen LogP contribution in [0.15, 0.2) is 54.6 Å². The fraction of sp³-hybridized carbons (Fsp3) is 0.235. The SMILES string of the molecule is CC(OC1(C)OC(=O)c2ccccc2O1)c1ccccc1. The van der Waals surface area contributed by atoms with E-state index in [0.717, 1.165) is 5.56 Å². The molecular formula is C17H16O4. The van der Waals surface area contributed by atoms with Crippen LogP contribution in [0.2, 0.25) is 0 Å². The summed E-state index contributed by atoms with van der Waals surface area (Å²) >= 11 is 0. The first-order chi connectivity index (χ1) is 10.1. The van der Waals surface area contributed by atoms with Crippen LogP contribution >= 0.6 is 0 Å². The van der Waals surface area contributed by atoms with Gasteiger partial charge in [-0.15, -0.1) is 0 Å². The van der Waals surface area contributed by atoms with Gasteiger partial charge >= 0.3 is 11.9 Å². The van der Waals surface area contributed by atoms with Crippen molar-refractivity contribution in [3.05, 3.63) is 65.7 Å². The van der Waals surface area contributed by atoms with Gasteiger partial charge in [-0.3, -0.25) is 4.74 Å². The number of fused-ring (bicyclic) bond motifs is 1. The Hall–Kier alpha value is -2.33. The quantitative estimate of drug-likeness (QED) is 0.806. The lowest BCUT2D eigenvalue weighted by atomic mass is 10.1. The lowest BCUT2D eigenvalue weighted by Crippen LogP contribution is -2.44. The Labute approximate surface area is 123 Å². The molecule has 2 atom stereocenters. The van der Waals surface area contributed by atoms with Gasteiger partial charge in [-0.05, 0) is 24.6 Å². The molecule has 108 valence electrons. The van der Waals surface area contributed by atoms with E-state index in [-0.39, 0.29) is 6.10 Å². The minimum absolute atomic E-state index is 0.269. The molecule has 0 spiro atoms. The van der Waals surface area contributed by atoms with E-state index in [9.17, 15) is 4.79 Å². The van der Waals surface area contributed by atoms with Crippen LogP contribution in [0.3, 0.4) is 0 Å². The molecule has 3 rings (SSSR count). The molecule has 1 aliphatic rings. The second kappa shape index (κ2) is 5.22. The maximum Gasteiger partial charge on any atom is 0.371 e. The largest absolute Gasteiger partial charge is 0.429 e. The molecule has 1 heterocycles. The lowest BCUT2D eigenvalue weighted by molar-refractivity contribution is -0.326. The molecule has 0 radical (unpaired) electrons. The molecule has 0 amide bonds. The molecule has 0 N–H and O–H groups in total. The Kier molecular flexibility index (Phi) is 3.39. The van der Waals surface area contributed by atoms with Crippen LogP contribution in [0.4, 0.5) is 0 Å². The summed E-state index contributed by atoms with van der Waals surface area (Å²) < 4.78 is 16.9. The van der Waals surface area contributed by atoms with Crippen molar-refractivity contribution in [3.8, 4) is 5.75 Å². The average Bonchev–Trinajstić information content (AvgIpc) is 2.47. The Balaban J connectivity index is 1.82. The van der Waals surface area contributed by atoms with Crippen LogP contribution in [-0.4, -0.2) is 11.9 Å². The molecule has 0 fully saturated rings. The first-order valence-corrected chi connectivity index (χ1v) is 6.81. The van der Waals surface area contributed by atoms with Crippen molar-refractivity contribution in [2.45, 2.75) is 25.9 Å². The summed E-state index contributed by atoms with van der Waals surface area (Å²) in [5.41, 5.74) is 1.39. The van der Waals surface area contributed by atoms with Gasteiger partial charge in [-0.25, -0.2) is 4.79 Å². The molecule has 0 saturated heterocycles. The predicted octanol–water partition coefficient (Wildman–Crippen LogP) is 3.69. The van der Waals surface area contributed by atoms with Crippen LogP contribution in [0.1, 0.15) is 35.9 Å². The average molecular weight is 284 g/mol. The number of cyclic esters (lactones) is 1. The minimum atomic E-state index is -1.43. The first kappa shape index (κ1) is 13.6. The monoisotopic (exact) mass is 284 g/mol. The predicted molar refractivity (Wildman–Crippen MR) is 76.8 cm³/mol. The number of carbonyl (C=O) groups excluding carboxylic acids is 1. The highest BCUT2D eigenvalue weighted by Crippen LogP contribution is 2.34. The molecule has 4 nitrogen and oxygen atoms in total. The third-order valence-corrected chi connectivity index (χ3v) is 3.34. The van der Waals surface area contributed by atoms with E-state index in [1.165, 1.54) is 0 Å². The second-order valence-electron chi connectivity index (χ2n) is 5.02. The number of esters is 1. The summed E-state index contributed by atoms with van der Waals surface area (Å²) in [5, 5.41) is 0. The van der Waals surface area contributed by atoms with E-state index >= 15 is 0 Å². The highest BCUT2D eigenvalue weighted by Gasteiger charge is 2.40. The maximum absolute atomic E-state index is 12.0. The summed E-state index contributed by atoms with van der Waals surface area (Å²) in [6.07, 6.45) is -0.269. The molecule has 21 heavy (non-hydrogen) atoms.